The average molecular weight is 318 g/mol. The molecule has 0 N–H and O–H groups in total. The zero-order valence-electron chi connectivity index (χ0n) is 12.5. The molecule has 0 saturated carbocycles. The first-order valence-electron chi connectivity index (χ1n) is 7.15. The van der Waals surface area contributed by atoms with Crippen LogP contribution in [0.1, 0.15) is 21.0 Å². The van der Waals surface area contributed by atoms with E-state index in [4.69, 9.17) is 0 Å². The van der Waals surface area contributed by atoms with Crippen LogP contribution in [0.15, 0.2) is 73.1 Å². The van der Waals surface area contributed by atoms with Gasteiger partial charge in [0, 0.05) is 23.8 Å². The number of rotatable bonds is 4. The fourth-order valence-electron chi connectivity index (χ4n) is 2.29. The monoisotopic (exact) mass is 318 g/mol. The second-order valence-corrected chi connectivity index (χ2v) is 4.85. The number of carbonyl (C=O) groups excluding carboxylic acids is 2. The number of carboxylic acids is 1. The normalized spacial score (nSPS) is 10.2. The molecule has 0 radical (unpaired) electrons. The van der Waals surface area contributed by atoms with Gasteiger partial charge in [0.25, 0.3) is 5.91 Å². The maximum Gasteiger partial charge on any atom is 0.283 e. The van der Waals surface area contributed by atoms with E-state index in [1.54, 1.807) is 48.5 Å². The van der Waals surface area contributed by atoms with E-state index < -0.39 is 17.6 Å². The van der Waals surface area contributed by atoms with Gasteiger partial charge in [-0.05, 0) is 24.3 Å². The molecule has 0 spiro atoms. The van der Waals surface area contributed by atoms with Gasteiger partial charge in [0.05, 0.1) is 5.97 Å². The van der Waals surface area contributed by atoms with Crippen LogP contribution >= 0.6 is 0 Å². The molecule has 0 unspecified atom stereocenters. The van der Waals surface area contributed by atoms with Gasteiger partial charge in [0.2, 0.25) is 0 Å². The van der Waals surface area contributed by atoms with E-state index in [1.807, 2.05) is 12.1 Å². The van der Waals surface area contributed by atoms with Gasteiger partial charge >= 0.3 is 0 Å². The van der Waals surface area contributed by atoms with Gasteiger partial charge in [-0.15, -0.1) is 0 Å². The SMILES string of the molecule is O=C([O-])c1nccnc1C(=O)N(c1ccccc1)c1ccccc1. The highest BCUT2D eigenvalue weighted by molar-refractivity contribution is 6.13. The lowest BCUT2D eigenvalue weighted by atomic mass is 10.2. The van der Waals surface area contributed by atoms with E-state index >= 15 is 0 Å². The van der Waals surface area contributed by atoms with Crippen LogP contribution < -0.4 is 10.0 Å². The van der Waals surface area contributed by atoms with E-state index in [0.29, 0.717) is 11.4 Å². The van der Waals surface area contributed by atoms with Gasteiger partial charge in [0.15, 0.2) is 5.69 Å². The Hall–Kier alpha value is -3.54. The third kappa shape index (κ3) is 2.98. The lowest BCUT2D eigenvalue weighted by Crippen LogP contribution is -2.32. The van der Waals surface area contributed by atoms with Crippen LogP contribution in [0, 0.1) is 0 Å². The molecule has 1 amide bonds. The Labute approximate surface area is 138 Å². The lowest BCUT2D eigenvalue weighted by molar-refractivity contribution is -0.255. The lowest BCUT2D eigenvalue weighted by Gasteiger charge is -2.23. The van der Waals surface area contributed by atoms with Gasteiger partial charge in [-0.1, -0.05) is 36.4 Å². The molecule has 0 aliphatic rings. The number of anilines is 2. The predicted molar refractivity (Wildman–Crippen MR) is 85.7 cm³/mol. The number of aromatic nitrogens is 2. The zero-order chi connectivity index (χ0) is 16.9. The Morgan fingerprint density at radius 2 is 1.21 bits per heavy atom. The number of hydrogen-bond donors (Lipinski definition) is 0. The molecule has 2 aromatic carbocycles. The van der Waals surface area contributed by atoms with Gasteiger partial charge in [-0.25, -0.2) is 4.98 Å². The molecular weight excluding hydrogens is 306 g/mol. The van der Waals surface area contributed by atoms with Gasteiger partial charge in [-0.3, -0.25) is 14.7 Å². The Morgan fingerprint density at radius 3 is 1.67 bits per heavy atom. The number of aromatic carboxylic acids is 1. The molecule has 0 bridgehead atoms. The fourth-order valence-corrected chi connectivity index (χ4v) is 2.29. The summed E-state index contributed by atoms with van der Waals surface area (Å²) >= 11 is 0. The van der Waals surface area contributed by atoms with Crippen LogP contribution in [0.2, 0.25) is 0 Å². The second-order valence-electron chi connectivity index (χ2n) is 4.85. The number of benzene rings is 2. The Morgan fingerprint density at radius 1 is 0.750 bits per heavy atom. The molecule has 1 aromatic heterocycles. The second kappa shape index (κ2) is 6.70. The minimum Gasteiger partial charge on any atom is -0.543 e. The third-order valence-corrected chi connectivity index (χ3v) is 3.33. The first-order chi connectivity index (χ1) is 11.7. The molecule has 0 atom stereocenters. The van der Waals surface area contributed by atoms with Crippen LogP contribution in [-0.2, 0) is 0 Å². The van der Waals surface area contributed by atoms with Crippen molar-refractivity contribution in [1.82, 2.24) is 9.97 Å². The topological polar surface area (TPSA) is 86.2 Å². The summed E-state index contributed by atoms with van der Waals surface area (Å²) in [4.78, 5) is 33.2. The van der Waals surface area contributed by atoms with E-state index in [-0.39, 0.29) is 5.69 Å². The summed E-state index contributed by atoms with van der Waals surface area (Å²) in [7, 11) is 0. The molecule has 24 heavy (non-hydrogen) atoms. The zero-order valence-corrected chi connectivity index (χ0v) is 12.5. The van der Waals surface area contributed by atoms with E-state index in [0.717, 1.165) is 0 Å². The van der Waals surface area contributed by atoms with Crippen molar-refractivity contribution in [3.63, 3.8) is 0 Å². The maximum atomic E-state index is 13.0. The number of carboxylic acid groups (broad SMARTS) is 1. The van der Waals surface area contributed by atoms with Crippen LogP contribution in [0.3, 0.4) is 0 Å². The molecule has 0 aliphatic carbocycles. The van der Waals surface area contributed by atoms with Crippen LogP contribution in [0.25, 0.3) is 0 Å². The molecular formula is C18H12N3O3-. The van der Waals surface area contributed by atoms with E-state index in [9.17, 15) is 14.7 Å². The minimum absolute atomic E-state index is 0.273. The number of amides is 1. The smallest absolute Gasteiger partial charge is 0.283 e. The highest BCUT2D eigenvalue weighted by Gasteiger charge is 2.24. The van der Waals surface area contributed by atoms with E-state index in [1.165, 1.54) is 17.3 Å². The maximum absolute atomic E-state index is 13.0. The van der Waals surface area contributed by atoms with Crippen molar-refractivity contribution in [2.75, 3.05) is 4.90 Å². The summed E-state index contributed by atoms with van der Waals surface area (Å²) in [5, 5.41) is 11.2. The van der Waals surface area contributed by atoms with Crippen LogP contribution in [0.4, 0.5) is 11.4 Å². The Bertz CT molecular complexity index is 827. The molecule has 0 fully saturated rings. The summed E-state index contributed by atoms with van der Waals surface area (Å²) in [5.41, 5.74) is 0.414. The van der Waals surface area contributed by atoms with Crippen molar-refractivity contribution < 1.29 is 14.7 Å². The Kier molecular flexibility index (Phi) is 4.29. The highest BCUT2D eigenvalue weighted by Crippen LogP contribution is 2.27. The Balaban J connectivity index is 2.14. The van der Waals surface area contributed by atoms with Crippen molar-refractivity contribution in [3.8, 4) is 0 Å². The number of nitrogens with zero attached hydrogens (tertiary/aromatic N) is 3. The summed E-state index contributed by atoms with van der Waals surface area (Å²) in [5.74, 6) is -2.15. The van der Waals surface area contributed by atoms with Crippen molar-refractivity contribution in [3.05, 3.63) is 84.4 Å². The van der Waals surface area contributed by atoms with Gasteiger partial charge in [0.1, 0.15) is 5.69 Å². The molecule has 6 nitrogen and oxygen atoms in total. The molecule has 3 aromatic rings. The minimum atomic E-state index is -1.55. The third-order valence-electron chi connectivity index (χ3n) is 3.33. The number of hydrogen-bond acceptors (Lipinski definition) is 5. The quantitative estimate of drug-likeness (QED) is 0.732. The summed E-state index contributed by atoms with van der Waals surface area (Å²) in [6.07, 6.45) is 2.48. The first kappa shape index (κ1) is 15.4. The fraction of sp³-hybridized carbons (Fsp3) is 0. The van der Waals surface area contributed by atoms with Crippen LogP contribution in [0.5, 0.6) is 0 Å². The highest BCUT2D eigenvalue weighted by atomic mass is 16.4. The average Bonchev–Trinajstić information content (AvgIpc) is 2.63. The molecule has 6 heteroatoms. The summed E-state index contributed by atoms with van der Waals surface area (Å²) in [6, 6.07) is 17.8. The van der Waals surface area contributed by atoms with Gasteiger partial charge < -0.3 is 9.90 Å². The molecule has 3 rings (SSSR count). The van der Waals surface area contributed by atoms with Crippen molar-refractivity contribution in [1.29, 1.82) is 0 Å². The van der Waals surface area contributed by atoms with Crippen molar-refractivity contribution in [2.45, 2.75) is 0 Å². The van der Waals surface area contributed by atoms with Crippen molar-refractivity contribution in [2.24, 2.45) is 0 Å². The standard InChI is InChI=1S/C18H13N3O3/c22-17(15-16(18(23)24)20-12-11-19-15)21(13-7-3-1-4-8-13)14-9-5-2-6-10-14/h1-12H,(H,23,24)/p-1. The molecule has 1 heterocycles. The van der Waals surface area contributed by atoms with Crippen LogP contribution in [-0.4, -0.2) is 21.8 Å². The van der Waals surface area contributed by atoms with E-state index in [2.05, 4.69) is 9.97 Å². The number of carbonyl (C=O) groups is 2. The first-order valence-corrected chi connectivity index (χ1v) is 7.15. The molecule has 0 saturated heterocycles. The molecule has 0 aliphatic heterocycles. The van der Waals surface area contributed by atoms with Gasteiger partial charge in [-0.2, -0.15) is 0 Å². The predicted octanol–water partition coefficient (Wildman–Crippen LogP) is 1.82. The molecule has 118 valence electrons. The number of para-hydroxylation sites is 2. The largest absolute Gasteiger partial charge is 0.543 e. The summed E-state index contributed by atoms with van der Waals surface area (Å²) < 4.78 is 0. The summed E-state index contributed by atoms with van der Waals surface area (Å²) in [6.45, 7) is 0. The van der Waals surface area contributed by atoms with Crippen molar-refractivity contribution >= 4 is 23.3 Å².